The van der Waals surface area contributed by atoms with Crippen LogP contribution >= 0.6 is 23.1 Å². The molecule has 0 spiro atoms. The number of aromatic nitrogens is 2. The number of thiophene rings is 1. The summed E-state index contributed by atoms with van der Waals surface area (Å²) >= 11 is 2.97. The van der Waals surface area contributed by atoms with Gasteiger partial charge in [-0.15, -0.1) is 0 Å². The molecule has 1 saturated carbocycles. The molecule has 3 aromatic rings. The van der Waals surface area contributed by atoms with Gasteiger partial charge in [0.25, 0.3) is 0 Å². The fraction of sp³-hybridized carbons (Fsp3) is 0.316. The Balaban J connectivity index is 1.60. The molecule has 7 heteroatoms. The van der Waals surface area contributed by atoms with Gasteiger partial charge in [0.05, 0.1) is 16.7 Å². The number of imidazole rings is 1. The lowest BCUT2D eigenvalue weighted by Gasteiger charge is -2.22. The van der Waals surface area contributed by atoms with Crippen molar-refractivity contribution in [3.8, 4) is 11.4 Å². The first-order chi connectivity index (χ1) is 12.7. The molecule has 1 aliphatic carbocycles. The highest BCUT2D eigenvalue weighted by Crippen LogP contribution is 2.36. The summed E-state index contributed by atoms with van der Waals surface area (Å²) in [4.78, 5) is 17.2. The zero-order valence-electron chi connectivity index (χ0n) is 14.3. The Hall–Kier alpha value is -2.12. The van der Waals surface area contributed by atoms with Crippen LogP contribution < -0.4 is 5.01 Å². The van der Waals surface area contributed by atoms with E-state index in [-0.39, 0.29) is 10.5 Å². The van der Waals surface area contributed by atoms with Crippen LogP contribution in [0.4, 0.5) is 10.5 Å². The standard InChI is InChI=1S/C19H18N4OS2/c1-12-9-20-23(19(24)26-12)15-4-5-17-16(8-15)21-18(14-6-7-25-11-14)22(17)10-13-2-3-13/h4-9,11-13H,2-3,10H2,1H3. The molecule has 1 aliphatic heterocycles. The number of rotatable bonds is 4. The number of carbonyl (C=O) groups excluding carboxylic acids is 1. The van der Waals surface area contributed by atoms with Crippen LogP contribution in [0.25, 0.3) is 22.4 Å². The lowest BCUT2D eigenvalue weighted by Crippen LogP contribution is -2.28. The molecular weight excluding hydrogens is 364 g/mol. The molecule has 132 valence electrons. The van der Waals surface area contributed by atoms with Crippen molar-refractivity contribution in [1.29, 1.82) is 0 Å². The lowest BCUT2D eigenvalue weighted by atomic mass is 10.2. The molecule has 0 radical (unpaired) electrons. The van der Waals surface area contributed by atoms with Gasteiger partial charge in [-0.05, 0) is 55.3 Å². The molecule has 2 aromatic heterocycles. The molecule has 0 N–H and O–H groups in total. The molecule has 1 amide bonds. The van der Waals surface area contributed by atoms with E-state index in [2.05, 4.69) is 32.6 Å². The smallest absolute Gasteiger partial charge is 0.307 e. The third-order valence-corrected chi connectivity index (χ3v) is 6.30. The molecule has 1 unspecified atom stereocenters. The van der Waals surface area contributed by atoms with Crippen LogP contribution in [0.15, 0.2) is 40.1 Å². The first-order valence-electron chi connectivity index (χ1n) is 8.77. The second-order valence-electron chi connectivity index (χ2n) is 6.84. The second-order valence-corrected chi connectivity index (χ2v) is 8.95. The maximum absolute atomic E-state index is 12.3. The Morgan fingerprint density at radius 2 is 2.15 bits per heavy atom. The molecule has 1 fully saturated rings. The van der Waals surface area contributed by atoms with E-state index in [1.807, 2.05) is 19.1 Å². The molecule has 3 heterocycles. The summed E-state index contributed by atoms with van der Waals surface area (Å²) in [5, 5.41) is 10.1. The number of benzene rings is 1. The van der Waals surface area contributed by atoms with Crippen molar-refractivity contribution in [1.82, 2.24) is 9.55 Å². The molecule has 1 atom stereocenters. The number of hydrogen-bond donors (Lipinski definition) is 0. The molecule has 0 saturated heterocycles. The minimum atomic E-state index is -0.0465. The first kappa shape index (κ1) is 16.1. The van der Waals surface area contributed by atoms with Crippen LogP contribution in [-0.2, 0) is 6.54 Å². The van der Waals surface area contributed by atoms with Crippen molar-refractivity contribution in [2.24, 2.45) is 11.0 Å². The van der Waals surface area contributed by atoms with Crippen molar-refractivity contribution in [3.05, 3.63) is 35.0 Å². The topological polar surface area (TPSA) is 50.5 Å². The Kier molecular flexibility index (Phi) is 3.86. The predicted molar refractivity (Wildman–Crippen MR) is 109 cm³/mol. The van der Waals surface area contributed by atoms with Crippen LogP contribution in [0.5, 0.6) is 0 Å². The zero-order valence-corrected chi connectivity index (χ0v) is 16.0. The fourth-order valence-corrected chi connectivity index (χ4v) is 4.54. The van der Waals surface area contributed by atoms with Gasteiger partial charge in [-0.25, -0.2) is 4.98 Å². The summed E-state index contributed by atoms with van der Waals surface area (Å²) in [5.74, 6) is 1.78. The summed E-state index contributed by atoms with van der Waals surface area (Å²) in [6.07, 6.45) is 4.40. The average Bonchev–Trinajstić information content (AvgIpc) is 3.15. The van der Waals surface area contributed by atoms with Crippen LogP contribution in [0.3, 0.4) is 0 Å². The highest BCUT2D eigenvalue weighted by molar-refractivity contribution is 8.15. The number of anilines is 1. The van der Waals surface area contributed by atoms with Gasteiger partial charge in [-0.3, -0.25) is 4.79 Å². The van der Waals surface area contributed by atoms with E-state index >= 15 is 0 Å². The van der Waals surface area contributed by atoms with Gasteiger partial charge in [0, 0.05) is 29.0 Å². The van der Waals surface area contributed by atoms with Crippen LogP contribution in [0.1, 0.15) is 19.8 Å². The number of hydrazone groups is 1. The van der Waals surface area contributed by atoms with E-state index < -0.39 is 0 Å². The molecule has 2 aliphatic rings. The summed E-state index contributed by atoms with van der Waals surface area (Å²) in [6.45, 7) is 2.98. The Morgan fingerprint density at radius 1 is 1.27 bits per heavy atom. The Morgan fingerprint density at radius 3 is 2.88 bits per heavy atom. The average molecular weight is 383 g/mol. The number of nitrogens with zero attached hydrogens (tertiary/aromatic N) is 4. The number of thioether (sulfide) groups is 1. The summed E-state index contributed by atoms with van der Waals surface area (Å²) in [5.41, 5.74) is 3.96. The van der Waals surface area contributed by atoms with E-state index in [9.17, 15) is 4.79 Å². The van der Waals surface area contributed by atoms with Gasteiger partial charge in [0.1, 0.15) is 5.82 Å². The fourth-order valence-electron chi connectivity index (χ4n) is 3.22. The van der Waals surface area contributed by atoms with Crippen LogP contribution in [0, 0.1) is 5.92 Å². The minimum Gasteiger partial charge on any atom is -0.324 e. The van der Waals surface area contributed by atoms with Gasteiger partial charge < -0.3 is 4.57 Å². The van der Waals surface area contributed by atoms with Gasteiger partial charge in [-0.1, -0.05) is 11.8 Å². The van der Waals surface area contributed by atoms with E-state index in [0.717, 1.165) is 40.6 Å². The van der Waals surface area contributed by atoms with Crippen molar-refractivity contribution in [2.45, 2.75) is 31.6 Å². The van der Waals surface area contributed by atoms with E-state index in [4.69, 9.17) is 4.98 Å². The van der Waals surface area contributed by atoms with Crippen LogP contribution in [0.2, 0.25) is 0 Å². The van der Waals surface area contributed by atoms with Crippen molar-refractivity contribution in [2.75, 3.05) is 5.01 Å². The van der Waals surface area contributed by atoms with E-state index in [1.54, 1.807) is 17.6 Å². The number of hydrogen-bond acceptors (Lipinski definition) is 5. The SMILES string of the molecule is CC1C=NN(c2ccc3c(c2)nc(-c2ccsc2)n3CC2CC2)C(=O)S1. The van der Waals surface area contributed by atoms with Gasteiger partial charge in [-0.2, -0.15) is 21.4 Å². The van der Waals surface area contributed by atoms with Crippen molar-refractivity contribution in [3.63, 3.8) is 0 Å². The maximum atomic E-state index is 12.3. The summed E-state index contributed by atoms with van der Waals surface area (Å²) in [7, 11) is 0. The lowest BCUT2D eigenvalue weighted by molar-refractivity contribution is 0.265. The van der Waals surface area contributed by atoms with Gasteiger partial charge in [0.2, 0.25) is 0 Å². The second kappa shape index (κ2) is 6.25. The predicted octanol–water partition coefficient (Wildman–Crippen LogP) is 5.22. The Labute approximate surface area is 159 Å². The van der Waals surface area contributed by atoms with Crippen molar-refractivity contribution < 1.29 is 4.79 Å². The number of amides is 1. The molecule has 0 bridgehead atoms. The molecule has 5 rings (SSSR count). The largest absolute Gasteiger partial charge is 0.324 e. The van der Waals surface area contributed by atoms with Gasteiger partial charge >= 0.3 is 5.24 Å². The van der Waals surface area contributed by atoms with E-state index in [1.165, 1.54) is 29.6 Å². The molecule has 26 heavy (non-hydrogen) atoms. The molecule has 5 nitrogen and oxygen atoms in total. The van der Waals surface area contributed by atoms with Crippen molar-refractivity contribution >= 4 is 51.3 Å². The third-order valence-electron chi connectivity index (χ3n) is 4.75. The zero-order chi connectivity index (χ0) is 17.7. The quantitative estimate of drug-likeness (QED) is 0.621. The highest BCUT2D eigenvalue weighted by Gasteiger charge is 2.26. The minimum absolute atomic E-state index is 0.0465. The highest BCUT2D eigenvalue weighted by atomic mass is 32.2. The van der Waals surface area contributed by atoms with Gasteiger partial charge in [0.15, 0.2) is 0 Å². The maximum Gasteiger partial charge on any atom is 0.307 e. The normalized spacial score (nSPS) is 20.3. The summed E-state index contributed by atoms with van der Waals surface area (Å²) in [6, 6.07) is 8.13. The summed E-state index contributed by atoms with van der Waals surface area (Å²) < 4.78 is 2.33. The molecular formula is C19H18N4OS2. The monoisotopic (exact) mass is 382 g/mol. The Bertz CT molecular complexity index is 1000. The van der Waals surface area contributed by atoms with Crippen LogP contribution in [-0.4, -0.2) is 26.3 Å². The third kappa shape index (κ3) is 2.85. The number of fused-ring (bicyclic) bond motifs is 1. The molecule has 1 aromatic carbocycles. The number of carbonyl (C=O) groups is 1. The van der Waals surface area contributed by atoms with E-state index in [0.29, 0.717) is 0 Å². The first-order valence-corrected chi connectivity index (χ1v) is 10.6.